The lowest BCUT2D eigenvalue weighted by molar-refractivity contribution is 0.0444. The molecule has 0 aliphatic carbocycles. The van der Waals surface area contributed by atoms with Crippen LogP contribution in [-0.4, -0.2) is 24.2 Å². The number of ether oxygens (including phenoxy) is 2. The van der Waals surface area contributed by atoms with Gasteiger partial charge in [-0.15, -0.1) is 11.3 Å². The number of carbonyl (C=O) groups is 1. The van der Waals surface area contributed by atoms with Crippen LogP contribution in [0.25, 0.3) is 10.6 Å². The summed E-state index contributed by atoms with van der Waals surface area (Å²) >= 11 is 1.31. The molecular formula is C18H14FNO3S. The molecule has 3 aromatic rings. The molecule has 3 rings (SSSR count). The number of aromatic nitrogens is 1. The van der Waals surface area contributed by atoms with E-state index < -0.39 is 5.97 Å². The Morgan fingerprint density at radius 2 is 1.79 bits per heavy atom. The maximum atomic E-state index is 12.9. The van der Waals surface area contributed by atoms with E-state index in [-0.39, 0.29) is 24.7 Å². The normalized spacial score (nSPS) is 10.4. The summed E-state index contributed by atoms with van der Waals surface area (Å²) in [7, 11) is 0. The van der Waals surface area contributed by atoms with Crippen molar-refractivity contribution < 1.29 is 18.7 Å². The Labute approximate surface area is 142 Å². The minimum absolute atomic E-state index is 0.136. The smallest absolute Gasteiger partial charge is 0.357 e. The molecule has 0 atom stereocenters. The van der Waals surface area contributed by atoms with Crippen LogP contribution in [0.2, 0.25) is 0 Å². The summed E-state index contributed by atoms with van der Waals surface area (Å²) in [6.07, 6.45) is 0. The first-order valence-corrected chi connectivity index (χ1v) is 8.17. The van der Waals surface area contributed by atoms with Gasteiger partial charge in [-0.2, -0.15) is 0 Å². The molecule has 0 saturated carbocycles. The van der Waals surface area contributed by atoms with Crippen molar-refractivity contribution in [2.45, 2.75) is 0 Å². The molecule has 1 aromatic heterocycles. The number of esters is 1. The standard InChI is InChI=1S/C18H14FNO3S/c19-14-8-6-13(7-9-14)17-20-16(12-24-17)18(21)23-11-10-22-15-4-2-1-3-5-15/h1-9,12H,10-11H2. The second kappa shape index (κ2) is 7.70. The number of hydrogen-bond acceptors (Lipinski definition) is 5. The number of rotatable bonds is 6. The number of benzene rings is 2. The van der Waals surface area contributed by atoms with Crippen LogP contribution in [0.4, 0.5) is 4.39 Å². The van der Waals surface area contributed by atoms with Crippen LogP contribution >= 0.6 is 11.3 Å². The Kier molecular flexibility index (Phi) is 5.18. The maximum absolute atomic E-state index is 12.9. The fraction of sp³-hybridized carbons (Fsp3) is 0.111. The van der Waals surface area contributed by atoms with Crippen LogP contribution < -0.4 is 4.74 Å². The second-order valence-corrected chi connectivity index (χ2v) is 5.70. The van der Waals surface area contributed by atoms with E-state index in [1.165, 1.54) is 23.5 Å². The summed E-state index contributed by atoms with van der Waals surface area (Å²) in [6, 6.07) is 15.3. The Bertz CT molecular complexity index is 803. The highest BCUT2D eigenvalue weighted by atomic mass is 32.1. The van der Waals surface area contributed by atoms with Gasteiger partial charge in [0, 0.05) is 10.9 Å². The number of halogens is 1. The van der Waals surface area contributed by atoms with Crippen molar-refractivity contribution in [3.8, 4) is 16.3 Å². The second-order valence-electron chi connectivity index (χ2n) is 4.84. The van der Waals surface area contributed by atoms with Crippen molar-refractivity contribution >= 4 is 17.3 Å². The molecule has 0 unspecified atom stereocenters. The Balaban J connectivity index is 1.51. The molecule has 0 bridgehead atoms. The van der Waals surface area contributed by atoms with Gasteiger partial charge in [0.15, 0.2) is 5.69 Å². The van der Waals surface area contributed by atoms with Crippen molar-refractivity contribution in [1.29, 1.82) is 0 Å². The zero-order chi connectivity index (χ0) is 16.8. The zero-order valence-corrected chi connectivity index (χ0v) is 13.5. The first kappa shape index (κ1) is 16.1. The molecule has 24 heavy (non-hydrogen) atoms. The SMILES string of the molecule is O=C(OCCOc1ccccc1)c1csc(-c2ccc(F)cc2)n1. The van der Waals surface area contributed by atoms with E-state index in [1.807, 2.05) is 30.3 Å². The molecule has 4 nitrogen and oxygen atoms in total. The van der Waals surface area contributed by atoms with Crippen LogP contribution in [0, 0.1) is 5.82 Å². The van der Waals surface area contributed by atoms with Crippen molar-refractivity contribution in [2.75, 3.05) is 13.2 Å². The average Bonchev–Trinajstić information content (AvgIpc) is 3.10. The van der Waals surface area contributed by atoms with Crippen molar-refractivity contribution in [3.05, 3.63) is 71.5 Å². The predicted molar refractivity (Wildman–Crippen MR) is 89.7 cm³/mol. The summed E-state index contributed by atoms with van der Waals surface area (Å²) in [5.74, 6) is -0.0922. The molecule has 1 heterocycles. The molecule has 0 amide bonds. The molecule has 0 fully saturated rings. The Morgan fingerprint density at radius 1 is 1.04 bits per heavy atom. The molecule has 0 aliphatic heterocycles. The third-order valence-corrected chi connectivity index (χ3v) is 4.02. The van der Waals surface area contributed by atoms with Gasteiger partial charge in [0.2, 0.25) is 0 Å². The summed E-state index contributed by atoms with van der Waals surface area (Å²) in [5.41, 5.74) is 0.992. The lowest BCUT2D eigenvalue weighted by Gasteiger charge is -2.06. The fourth-order valence-electron chi connectivity index (χ4n) is 1.98. The molecule has 122 valence electrons. The van der Waals surface area contributed by atoms with E-state index in [0.29, 0.717) is 5.01 Å². The highest BCUT2D eigenvalue weighted by Gasteiger charge is 2.13. The first-order valence-electron chi connectivity index (χ1n) is 7.29. The lowest BCUT2D eigenvalue weighted by Crippen LogP contribution is -2.12. The van der Waals surface area contributed by atoms with Gasteiger partial charge in [-0.1, -0.05) is 18.2 Å². The lowest BCUT2D eigenvalue weighted by atomic mass is 10.2. The van der Waals surface area contributed by atoms with Gasteiger partial charge in [0.25, 0.3) is 0 Å². The van der Waals surface area contributed by atoms with E-state index >= 15 is 0 Å². The molecular weight excluding hydrogens is 329 g/mol. The maximum Gasteiger partial charge on any atom is 0.357 e. The van der Waals surface area contributed by atoms with Crippen molar-refractivity contribution in [1.82, 2.24) is 4.98 Å². The largest absolute Gasteiger partial charge is 0.490 e. The van der Waals surface area contributed by atoms with Gasteiger partial charge in [0.05, 0.1) is 0 Å². The Morgan fingerprint density at radius 3 is 2.54 bits per heavy atom. The number of hydrogen-bond donors (Lipinski definition) is 0. The van der Waals surface area contributed by atoms with Crippen LogP contribution in [0.5, 0.6) is 5.75 Å². The minimum atomic E-state index is -0.503. The fourth-order valence-corrected chi connectivity index (χ4v) is 2.77. The quantitative estimate of drug-likeness (QED) is 0.497. The van der Waals surface area contributed by atoms with Crippen molar-refractivity contribution in [3.63, 3.8) is 0 Å². The van der Waals surface area contributed by atoms with E-state index in [1.54, 1.807) is 17.5 Å². The van der Waals surface area contributed by atoms with Crippen molar-refractivity contribution in [2.24, 2.45) is 0 Å². The molecule has 0 saturated heterocycles. The van der Waals surface area contributed by atoms with Gasteiger partial charge < -0.3 is 9.47 Å². The highest BCUT2D eigenvalue weighted by molar-refractivity contribution is 7.13. The summed E-state index contributed by atoms with van der Waals surface area (Å²) in [4.78, 5) is 16.2. The van der Waals surface area contributed by atoms with Crippen LogP contribution in [-0.2, 0) is 4.74 Å². The number of nitrogens with zero attached hydrogens (tertiary/aromatic N) is 1. The molecule has 0 radical (unpaired) electrons. The summed E-state index contributed by atoms with van der Waals surface area (Å²) in [5, 5.41) is 2.27. The summed E-state index contributed by atoms with van der Waals surface area (Å²) < 4.78 is 23.5. The monoisotopic (exact) mass is 343 g/mol. The van der Waals surface area contributed by atoms with Crippen LogP contribution in [0.3, 0.4) is 0 Å². The predicted octanol–water partition coefficient (Wildman–Crippen LogP) is 4.19. The van der Waals surface area contributed by atoms with E-state index in [9.17, 15) is 9.18 Å². The Hall–Kier alpha value is -2.73. The van der Waals surface area contributed by atoms with Gasteiger partial charge in [-0.3, -0.25) is 0 Å². The molecule has 0 N–H and O–H groups in total. The molecule has 0 aliphatic rings. The third-order valence-electron chi connectivity index (χ3n) is 3.13. The van der Waals surface area contributed by atoms with E-state index in [4.69, 9.17) is 9.47 Å². The number of thiazole rings is 1. The van der Waals surface area contributed by atoms with E-state index in [2.05, 4.69) is 4.98 Å². The molecule has 2 aromatic carbocycles. The average molecular weight is 343 g/mol. The number of para-hydroxylation sites is 1. The third kappa shape index (κ3) is 4.17. The van der Waals surface area contributed by atoms with Gasteiger partial charge in [-0.05, 0) is 36.4 Å². The van der Waals surface area contributed by atoms with Gasteiger partial charge >= 0.3 is 5.97 Å². The topological polar surface area (TPSA) is 48.4 Å². The van der Waals surface area contributed by atoms with Gasteiger partial charge in [0.1, 0.15) is 29.8 Å². The molecule has 0 spiro atoms. The zero-order valence-electron chi connectivity index (χ0n) is 12.6. The molecule has 6 heteroatoms. The highest BCUT2D eigenvalue weighted by Crippen LogP contribution is 2.24. The number of carbonyl (C=O) groups excluding carboxylic acids is 1. The first-order chi connectivity index (χ1) is 11.7. The minimum Gasteiger partial charge on any atom is -0.490 e. The van der Waals surface area contributed by atoms with Crippen LogP contribution in [0.1, 0.15) is 10.5 Å². The van der Waals surface area contributed by atoms with E-state index in [0.717, 1.165) is 11.3 Å². The summed E-state index contributed by atoms with van der Waals surface area (Å²) in [6.45, 7) is 0.405. The van der Waals surface area contributed by atoms with Gasteiger partial charge in [-0.25, -0.2) is 14.2 Å². The van der Waals surface area contributed by atoms with Crippen LogP contribution in [0.15, 0.2) is 60.0 Å².